The Hall–Kier alpha value is -4.24. The van der Waals surface area contributed by atoms with Crippen molar-refractivity contribution in [3.63, 3.8) is 0 Å². The summed E-state index contributed by atoms with van der Waals surface area (Å²) in [5, 5.41) is 84.2. The minimum atomic E-state index is -1.46. The molecule has 0 amide bonds. The molecule has 20 nitrogen and oxygen atoms in total. The van der Waals surface area contributed by atoms with Gasteiger partial charge in [-0.05, 0) is 0 Å². The summed E-state index contributed by atoms with van der Waals surface area (Å²) in [5.41, 5.74) is -6.53. The molecule has 0 atom stereocenters. The Balaban J connectivity index is 0.000000602. The fraction of sp³-hybridized carbons (Fsp3) is 0. The van der Waals surface area contributed by atoms with Gasteiger partial charge < -0.3 is 10.2 Å². The number of hydrogen-bond donors (Lipinski definition) is 0. The number of rotatable bonds is 6. The molecular weight excluding hydrogens is 684 g/mol. The third-order valence-electron chi connectivity index (χ3n) is 3.28. The Morgan fingerprint density at radius 1 is 0.424 bits per heavy atom. The maximum absolute atomic E-state index is 11.1. The van der Waals surface area contributed by atoms with Crippen LogP contribution in [0.2, 0.25) is 0 Å². The van der Waals surface area contributed by atoms with Crippen molar-refractivity contribution < 1.29 is 79.7 Å². The molecule has 170 valence electrons. The van der Waals surface area contributed by atoms with Crippen molar-refractivity contribution >= 4 is 34.1 Å². The molecule has 0 aliphatic heterocycles. The van der Waals surface area contributed by atoms with Crippen LogP contribution in [0.1, 0.15) is 0 Å². The average Bonchev–Trinajstić information content (AvgIpc) is 2.67. The predicted octanol–water partition coefficient (Wildman–Crippen LogP) is 0.970. The van der Waals surface area contributed by atoms with Gasteiger partial charge in [0.25, 0.3) is 34.1 Å². The molecule has 0 unspecified atom stereocenters. The van der Waals surface area contributed by atoms with Gasteiger partial charge >= 0.3 is 39.9 Å². The zero-order valence-corrected chi connectivity index (χ0v) is 19.3. The molecule has 0 fully saturated rings. The van der Waals surface area contributed by atoms with E-state index in [1.165, 1.54) is 0 Å². The Morgan fingerprint density at radius 2 is 0.606 bits per heavy atom. The van der Waals surface area contributed by atoms with Gasteiger partial charge in [-0.2, -0.15) is 0 Å². The summed E-state index contributed by atoms with van der Waals surface area (Å²) in [6.45, 7) is 0. The number of nitro benzene ring substituents is 6. The van der Waals surface area contributed by atoms with Crippen LogP contribution in [-0.2, 0) is 0 Å². The molecule has 0 heterocycles. The van der Waals surface area contributed by atoms with E-state index >= 15 is 0 Å². The van der Waals surface area contributed by atoms with Gasteiger partial charge in [0, 0.05) is 0 Å². The fourth-order valence-corrected chi connectivity index (χ4v) is 1.92. The van der Waals surface area contributed by atoms with Crippen molar-refractivity contribution in [1.29, 1.82) is 0 Å². The van der Waals surface area contributed by atoms with E-state index in [2.05, 4.69) is 0 Å². The first-order valence-electron chi connectivity index (χ1n) is 7.25. The Morgan fingerprint density at radius 3 is 0.727 bits per heavy atom. The van der Waals surface area contributed by atoms with Gasteiger partial charge in [-0.1, -0.05) is 0 Å². The van der Waals surface area contributed by atoms with E-state index in [0.717, 1.165) is 0 Å². The smallest absolute Gasteiger partial charge is 0.863 e. The maximum Gasteiger partial charge on any atom is 2.00 e. The molecule has 2 aromatic carbocycles. The first-order chi connectivity index (χ1) is 14.7. The molecule has 2 aromatic rings. The van der Waals surface area contributed by atoms with Crippen LogP contribution in [0.25, 0.3) is 0 Å². The molecule has 0 radical (unpaired) electrons. The molecule has 33 heavy (non-hydrogen) atoms. The van der Waals surface area contributed by atoms with Gasteiger partial charge in [0.05, 0.1) is 65.3 Å². The van der Waals surface area contributed by atoms with E-state index in [1.807, 2.05) is 0 Å². The first kappa shape index (κ1) is 28.8. The van der Waals surface area contributed by atoms with Crippen LogP contribution in [0.5, 0.6) is 11.5 Å². The van der Waals surface area contributed by atoms with Crippen molar-refractivity contribution in [3.8, 4) is 11.5 Å². The summed E-state index contributed by atoms with van der Waals surface area (Å²) >= 11 is 0. The van der Waals surface area contributed by atoms with E-state index in [-0.39, 0.29) is 39.9 Å². The Kier molecular flexibility index (Phi) is 9.94. The van der Waals surface area contributed by atoms with Gasteiger partial charge in [-0.25, -0.2) is 0 Å². The average molecular weight is 688 g/mol. The molecule has 2 rings (SSSR count). The molecule has 0 N–H and O–H groups in total. The van der Waals surface area contributed by atoms with Gasteiger partial charge in [0.15, 0.2) is 0 Å². The third-order valence-corrected chi connectivity index (χ3v) is 3.28. The molecular formula is C12H4N6O14Th. The summed E-state index contributed by atoms with van der Waals surface area (Å²) in [6.07, 6.45) is 0. The number of nitrogens with zero attached hydrogens (tertiary/aromatic N) is 6. The number of nitro groups is 6. The molecule has 0 bridgehead atoms. The van der Waals surface area contributed by atoms with Gasteiger partial charge in [-0.3, -0.25) is 60.7 Å². The number of benzene rings is 2. The van der Waals surface area contributed by atoms with Crippen LogP contribution >= 0.6 is 0 Å². The second-order valence-corrected chi connectivity index (χ2v) is 5.17. The number of non-ortho nitro benzene ring substituents is 2. The fourth-order valence-electron chi connectivity index (χ4n) is 1.92. The molecule has 0 spiro atoms. The zero-order valence-electron chi connectivity index (χ0n) is 15.2. The van der Waals surface area contributed by atoms with E-state index in [9.17, 15) is 70.9 Å². The monoisotopic (exact) mass is 688 g/mol. The van der Waals surface area contributed by atoms with Crippen LogP contribution in [0.4, 0.5) is 34.1 Å². The summed E-state index contributed by atoms with van der Waals surface area (Å²) in [5.74, 6) is -2.92. The Labute approximate surface area is 209 Å². The topological polar surface area (TPSA) is 305 Å². The van der Waals surface area contributed by atoms with Crippen LogP contribution in [0, 0.1) is 101 Å². The SMILES string of the molecule is O=[N+]([O-])c1cc([N+](=O)[O-])c([O-])c([N+](=O)[O-])c1.O=[N+]([O-])c1cc([N+](=O)[O-])c([O-])c([N+](=O)[O-])c1.[Th+2]. The Bertz CT molecular complexity index is 1020. The first-order valence-corrected chi connectivity index (χ1v) is 7.25. The summed E-state index contributed by atoms with van der Waals surface area (Å²) in [4.78, 5) is 55.0. The molecule has 0 aliphatic carbocycles. The standard InChI is InChI=1S/2C6H3N3O7.Th/c2*10-6-4(8(13)14)1-3(7(11)12)2-5(6)9(15)16;/h2*1-2,10H;/q;;+2/p-2. The summed E-state index contributed by atoms with van der Waals surface area (Å²) < 4.78 is 0. The van der Waals surface area contributed by atoms with Crippen molar-refractivity contribution in [1.82, 2.24) is 0 Å². The zero-order chi connectivity index (χ0) is 24.9. The molecule has 0 saturated heterocycles. The largest absolute Gasteiger partial charge is 2.00 e. The van der Waals surface area contributed by atoms with Crippen molar-refractivity contribution in [2.24, 2.45) is 0 Å². The third kappa shape index (κ3) is 6.88. The van der Waals surface area contributed by atoms with Crippen molar-refractivity contribution in [2.45, 2.75) is 0 Å². The van der Waals surface area contributed by atoms with Gasteiger partial charge in [0.1, 0.15) is 0 Å². The molecule has 0 aliphatic rings. The van der Waals surface area contributed by atoms with Crippen LogP contribution < -0.4 is 10.2 Å². The van der Waals surface area contributed by atoms with Gasteiger partial charge in [-0.15, -0.1) is 0 Å². The second-order valence-electron chi connectivity index (χ2n) is 5.17. The van der Waals surface area contributed by atoms with Crippen LogP contribution in [0.15, 0.2) is 24.3 Å². The summed E-state index contributed by atoms with van der Waals surface area (Å²) in [6, 6.07) is 1.54. The molecule has 0 saturated carbocycles. The molecule has 0 aromatic heterocycles. The number of hydrogen-bond acceptors (Lipinski definition) is 14. The van der Waals surface area contributed by atoms with Crippen LogP contribution in [0.3, 0.4) is 0 Å². The minimum Gasteiger partial charge on any atom is -0.863 e. The normalized spacial score (nSPS) is 9.45. The van der Waals surface area contributed by atoms with Crippen molar-refractivity contribution in [2.75, 3.05) is 0 Å². The quantitative estimate of drug-likeness (QED) is 0.302. The second kappa shape index (κ2) is 11.4. The van der Waals surface area contributed by atoms with E-state index in [4.69, 9.17) is 0 Å². The van der Waals surface area contributed by atoms with Crippen LogP contribution in [-0.4, -0.2) is 29.5 Å². The minimum absolute atomic E-state index is 0. The van der Waals surface area contributed by atoms with E-state index < -0.39 is 75.2 Å². The van der Waals surface area contributed by atoms with Gasteiger partial charge in [0.2, 0.25) is 0 Å². The van der Waals surface area contributed by atoms with Crippen molar-refractivity contribution in [3.05, 3.63) is 85.0 Å². The predicted molar refractivity (Wildman–Crippen MR) is 91.7 cm³/mol. The van der Waals surface area contributed by atoms with E-state index in [0.29, 0.717) is 24.3 Å². The molecule has 21 heteroatoms. The maximum atomic E-state index is 11.1. The van der Waals surface area contributed by atoms with E-state index in [1.54, 1.807) is 0 Å². The summed E-state index contributed by atoms with van der Waals surface area (Å²) in [7, 11) is 0.